The maximum Gasteiger partial charge on any atom is 0.255 e. The summed E-state index contributed by atoms with van der Waals surface area (Å²) in [6, 6.07) is 38.1. The molecule has 5 rings (SSSR count). The summed E-state index contributed by atoms with van der Waals surface area (Å²) in [4.78, 5) is 20.9. The van der Waals surface area contributed by atoms with Crippen molar-refractivity contribution in [3.63, 3.8) is 0 Å². The van der Waals surface area contributed by atoms with Gasteiger partial charge in [0.05, 0.1) is 16.8 Å². The maximum absolute atomic E-state index is 14.1. The molecule has 0 aliphatic rings. The van der Waals surface area contributed by atoms with E-state index in [1.807, 2.05) is 95.9 Å². The van der Waals surface area contributed by atoms with Crippen LogP contribution in [0, 0.1) is 0 Å². The third kappa shape index (κ3) is 4.92. The Labute approximate surface area is 207 Å². The SMILES string of the molecule is O=C(c1cc(-c2ccc(Br)cc2)nc2ccccc12)N(Cc1ccccc1)Cc1ccccc1. The molecule has 0 fully saturated rings. The number of pyridine rings is 1. The zero-order chi connectivity index (χ0) is 23.3. The van der Waals surface area contributed by atoms with E-state index in [0.717, 1.165) is 37.8 Å². The molecule has 0 N–H and O–H groups in total. The monoisotopic (exact) mass is 506 g/mol. The second-order valence-corrected chi connectivity index (χ2v) is 9.13. The number of amides is 1. The lowest BCUT2D eigenvalue weighted by molar-refractivity contribution is 0.0732. The molecule has 0 saturated heterocycles. The first-order valence-corrected chi connectivity index (χ1v) is 12.0. The molecule has 1 amide bonds. The maximum atomic E-state index is 14.1. The molecule has 0 spiro atoms. The van der Waals surface area contributed by atoms with E-state index in [2.05, 4.69) is 40.2 Å². The van der Waals surface area contributed by atoms with Crippen molar-refractivity contribution in [3.05, 3.63) is 136 Å². The molecule has 34 heavy (non-hydrogen) atoms. The second kappa shape index (κ2) is 10.0. The summed E-state index contributed by atoms with van der Waals surface area (Å²) in [5.41, 5.74) is 5.42. The molecule has 5 aromatic rings. The fourth-order valence-electron chi connectivity index (χ4n) is 4.10. The number of aromatic nitrogens is 1. The Bertz CT molecular complexity index is 1380. The Kier molecular flexibility index (Phi) is 6.50. The lowest BCUT2D eigenvalue weighted by atomic mass is 10.0. The summed E-state index contributed by atoms with van der Waals surface area (Å²) >= 11 is 3.50. The number of carbonyl (C=O) groups is 1. The number of benzene rings is 4. The quantitative estimate of drug-likeness (QED) is 0.238. The number of para-hydroxylation sites is 1. The predicted molar refractivity (Wildman–Crippen MR) is 141 cm³/mol. The standard InChI is InChI=1S/C30H23BrN2O/c31-25-17-15-24(16-18-25)29-19-27(26-13-7-8-14-28(26)32-29)30(34)33(20-22-9-3-1-4-10-22)21-23-11-5-2-6-12-23/h1-19H,20-21H2. The molecule has 4 aromatic carbocycles. The van der Waals surface area contributed by atoms with Crippen LogP contribution < -0.4 is 0 Å². The molecule has 0 unspecified atom stereocenters. The van der Waals surface area contributed by atoms with E-state index < -0.39 is 0 Å². The van der Waals surface area contributed by atoms with Crippen molar-refractivity contribution >= 4 is 32.7 Å². The first-order chi connectivity index (χ1) is 16.7. The summed E-state index contributed by atoms with van der Waals surface area (Å²) in [7, 11) is 0. The van der Waals surface area contributed by atoms with Gasteiger partial charge in [0, 0.05) is 28.5 Å². The minimum Gasteiger partial charge on any atom is -0.330 e. The molecule has 1 heterocycles. The molecule has 4 heteroatoms. The van der Waals surface area contributed by atoms with E-state index >= 15 is 0 Å². The van der Waals surface area contributed by atoms with Gasteiger partial charge >= 0.3 is 0 Å². The lowest BCUT2D eigenvalue weighted by Gasteiger charge is -2.24. The van der Waals surface area contributed by atoms with Crippen molar-refractivity contribution in [3.8, 4) is 11.3 Å². The largest absolute Gasteiger partial charge is 0.330 e. The first-order valence-electron chi connectivity index (χ1n) is 11.2. The van der Waals surface area contributed by atoms with Gasteiger partial charge in [0.2, 0.25) is 0 Å². The van der Waals surface area contributed by atoms with Crippen LogP contribution >= 0.6 is 15.9 Å². The third-order valence-corrected chi connectivity index (χ3v) is 6.33. The highest BCUT2D eigenvalue weighted by atomic mass is 79.9. The van der Waals surface area contributed by atoms with Crippen molar-refractivity contribution in [2.45, 2.75) is 13.1 Å². The van der Waals surface area contributed by atoms with Gasteiger partial charge in [-0.1, -0.05) is 107 Å². The van der Waals surface area contributed by atoms with Crippen LogP contribution in [0.25, 0.3) is 22.2 Å². The molecule has 0 aliphatic heterocycles. The van der Waals surface area contributed by atoms with E-state index in [1.54, 1.807) is 0 Å². The van der Waals surface area contributed by atoms with Crippen molar-refractivity contribution in [2.24, 2.45) is 0 Å². The lowest BCUT2D eigenvalue weighted by Crippen LogP contribution is -2.30. The Balaban J connectivity index is 1.60. The highest BCUT2D eigenvalue weighted by Crippen LogP contribution is 2.28. The number of hydrogen-bond acceptors (Lipinski definition) is 2. The Hall–Kier alpha value is -3.76. The fraction of sp³-hybridized carbons (Fsp3) is 0.0667. The molecule has 1 aromatic heterocycles. The number of carbonyl (C=O) groups excluding carboxylic acids is 1. The predicted octanol–water partition coefficient (Wildman–Crippen LogP) is 7.51. The highest BCUT2D eigenvalue weighted by Gasteiger charge is 2.21. The first kappa shape index (κ1) is 22.1. The minimum atomic E-state index is -0.00957. The Morgan fingerprint density at radius 3 is 1.88 bits per heavy atom. The molecule has 0 saturated carbocycles. The third-order valence-electron chi connectivity index (χ3n) is 5.81. The normalized spacial score (nSPS) is 10.9. The van der Waals surface area contributed by atoms with E-state index in [4.69, 9.17) is 4.98 Å². The summed E-state index contributed by atoms with van der Waals surface area (Å²) in [5.74, 6) is -0.00957. The summed E-state index contributed by atoms with van der Waals surface area (Å²) in [6.45, 7) is 1.05. The van der Waals surface area contributed by atoms with Crippen molar-refractivity contribution < 1.29 is 4.79 Å². The fourth-order valence-corrected chi connectivity index (χ4v) is 4.36. The van der Waals surface area contributed by atoms with Gasteiger partial charge < -0.3 is 4.90 Å². The van der Waals surface area contributed by atoms with Gasteiger partial charge in [-0.2, -0.15) is 0 Å². The topological polar surface area (TPSA) is 33.2 Å². The molecular formula is C30H23BrN2O. The molecular weight excluding hydrogens is 484 g/mol. The van der Waals surface area contributed by atoms with Crippen LogP contribution in [0.2, 0.25) is 0 Å². The van der Waals surface area contributed by atoms with Crippen LogP contribution in [0.15, 0.2) is 120 Å². The second-order valence-electron chi connectivity index (χ2n) is 8.21. The van der Waals surface area contributed by atoms with Gasteiger partial charge in [-0.3, -0.25) is 4.79 Å². The van der Waals surface area contributed by atoms with E-state index in [-0.39, 0.29) is 5.91 Å². The number of halogens is 1. The zero-order valence-corrected chi connectivity index (χ0v) is 20.2. The van der Waals surface area contributed by atoms with Crippen LogP contribution in [0.1, 0.15) is 21.5 Å². The summed E-state index contributed by atoms with van der Waals surface area (Å²) < 4.78 is 1.00. The van der Waals surface area contributed by atoms with Crippen LogP contribution in [-0.4, -0.2) is 15.8 Å². The molecule has 0 radical (unpaired) electrons. The van der Waals surface area contributed by atoms with Gasteiger partial charge in [0.25, 0.3) is 5.91 Å². The smallest absolute Gasteiger partial charge is 0.255 e. The van der Waals surface area contributed by atoms with E-state index in [1.165, 1.54) is 0 Å². The number of nitrogens with zero attached hydrogens (tertiary/aromatic N) is 2. The Morgan fingerprint density at radius 1 is 0.706 bits per heavy atom. The van der Waals surface area contributed by atoms with Crippen molar-refractivity contribution in [2.75, 3.05) is 0 Å². The molecule has 0 atom stereocenters. The van der Waals surface area contributed by atoms with Gasteiger partial charge in [-0.05, 0) is 35.4 Å². The van der Waals surface area contributed by atoms with E-state index in [9.17, 15) is 4.79 Å². The summed E-state index contributed by atoms with van der Waals surface area (Å²) in [5, 5.41) is 0.861. The average molecular weight is 507 g/mol. The number of hydrogen-bond donors (Lipinski definition) is 0. The van der Waals surface area contributed by atoms with Gasteiger partial charge in [0.15, 0.2) is 0 Å². The Morgan fingerprint density at radius 2 is 1.26 bits per heavy atom. The van der Waals surface area contributed by atoms with Gasteiger partial charge in [-0.15, -0.1) is 0 Å². The van der Waals surface area contributed by atoms with E-state index in [0.29, 0.717) is 18.7 Å². The molecule has 0 aliphatic carbocycles. The molecule has 166 valence electrons. The van der Waals surface area contributed by atoms with Crippen LogP contribution in [0.5, 0.6) is 0 Å². The summed E-state index contributed by atoms with van der Waals surface area (Å²) in [6.07, 6.45) is 0. The minimum absolute atomic E-state index is 0.00957. The highest BCUT2D eigenvalue weighted by molar-refractivity contribution is 9.10. The van der Waals surface area contributed by atoms with Crippen molar-refractivity contribution in [1.82, 2.24) is 9.88 Å². The van der Waals surface area contributed by atoms with Gasteiger partial charge in [0.1, 0.15) is 0 Å². The van der Waals surface area contributed by atoms with Crippen LogP contribution in [-0.2, 0) is 13.1 Å². The van der Waals surface area contributed by atoms with Crippen LogP contribution in [0.4, 0.5) is 0 Å². The number of fused-ring (bicyclic) bond motifs is 1. The average Bonchev–Trinajstić information content (AvgIpc) is 2.89. The van der Waals surface area contributed by atoms with Gasteiger partial charge in [-0.25, -0.2) is 4.98 Å². The molecule has 0 bridgehead atoms. The van der Waals surface area contributed by atoms with Crippen molar-refractivity contribution in [1.29, 1.82) is 0 Å². The van der Waals surface area contributed by atoms with Crippen LogP contribution in [0.3, 0.4) is 0 Å². The number of rotatable bonds is 6. The zero-order valence-electron chi connectivity index (χ0n) is 18.6. The molecule has 3 nitrogen and oxygen atoms in total.